The molecule has 0 aliphatic rings. The molecule has 106 valence electrons. The minimum Gasteiger partial charge on any atom is -0.336 e. The van der Waals surface area contributed by atoms with Gasteiger partial charge in [0.2, 0.25) is 5.91 Å². The van der Waals surface area contributed by atoms with Crippen molar-refractivity contribution in [3.05, 3.63) is 11.9 Å². The van der Waals surface area contributed by atoms with Crippen LogP contribution in [0.1, 0.15) is 26.0 Å². The minimum atomic E-state index is -0.511. The van der Waals surface area contributed by atoms with Crippen LogP contribution in [0.5, 0.6) is 0 Å². The van der Waals surface area contributed by atoms with E-state index in [2.05, 4.69) is 20.9 Å². The summed E-state index contributed by atoms with van der Waals surface area (Å²) in [5.74, 6) is -0.437. The van der Waals surface area contributed by atoms with E-state index in [1.54, 1.807) is 6.20 Å². The summed E-state index contributed by atoms with van der Waals surface area (Å²) in [4.78, 5) is 22.8. The van der Waals surface area contributed by atoms with Gasteiger partial charge in [-0.05, 0) is 33.2 Å². The zero-order valence-corrected chi connectivity index (χ0v) is 11.2. The van der Waals surface area contributed by atoms with Crippen LogP contribution in [0.15, 0.2) is 6.20 Å². The number of rotatable bonds is 6. The number of nitrogens with two attached hydrogens (primary N) is 1. The van der Waals surface area contributed by atoms with E-state index in [9.17, 15) is 9.59 Å². The Bertz CT molecular complexity index is 429. The smallest absolute Gasteiger partial charge is 0.321 e. The molecule has 1 heterocycles. The number of urea groups is 1. The van der Waals surface area contributed by atoms with Crippen molar-refractivity contribution >= 4 is 11.9 Å². The average molecular weight is 268 g/mol. The van der Waals surface area contributed by atoms with E-state index in [1.165, 1.54) is 4.68 Å². The molecule has 1 aromatic heterocycles. The van der Waals surface area contributed by atoms with Crippen molar-refractivity contribution < 1.29 is 9.59 Å². The van der Waals surface area contributed by atoms with E-state index in [-0.39, 0.29) is 12.6 Å². The molecular formula is C11H20N6O2. The second kappa shape index (κ2) is 7.47. The molecule has 0 saturated carbocycles. The summed E-state index contributed by atoms with van der Waals surface area (Å²) < 4.78 is 1.39. The van der Waals surface area contributed by atoms with Crippen molar-refractivity contribution in [3.8, 4) is 0 Å². The van der Waals surface area contributed by atoms with Crippen LogP contribution >= 0.6 is 0 Å². The highest BCUT2D eigenvalue weighted by Gasteiger charge is 2.10. The number of hydrogen-bond acceptors (Lipinski definition) is 5. The van der Waals surface area contributed by atoms with Crippen molar-refractivity contribution in [1.29, 1.82) is 0 Å². The highest BCUT2D eigenvalue weighted by molar-refractivity contribution is 5.94. The molecule has 1 rings (SSSR count). The molecule has 8 nitrogen and oxygen atoms in total. The van der Waals surface area contributed by atoms with Gasteiger partial charge in [-0.2, -0.15) is 0 Å². The Balaban J connectivity index is 2.39. The summed E-state index contributed by atoms with van der Waals surface area (Å²) >= 11 is 0. The predicted octanol–water partition coefficient (Wildman–Crippen LogP) is -0.596. The Hall–Kier alpha value is -1.96. The topological polar surface area (TPSA) is 115 Å². The molecule has 0 aliphatic heterocycles. The summed E-state index contributed by atoms with van der Waals surface area (Å²) in [6.45, 7) is 4.17. The van der Waals surface area contributed by atoms with E-state index in [0.29, 0.717) is 6.54 Å². The van der Waals surface area contributed by atoms with Gasteiger partial charge in [-0.1, -0.05) is 5.21 Å². The van der Waals surface area contributed by atoms with Crippen LogP contribution in [0, 0.1) is 0 Å². The standard InChI is InChI=1S/C11H20N6O2/c1-8(2)13-11(19)14-10(18)7-17-6-9(15-16-17)4-3-5-12/h6,8H,3-5,7,12H2,1-2H3,(H2,13,14,18,19). The number of aryl methyl sites for hydroxylation is 1. The Kier molecular flexibility index (Phi) is 5.94. The monoisotopic (exact) mass is 268 g/mol. The normalized spacial score (nSPS) is 10.5. The molecule has 0 bridgehead atoms. The maximum absolute atomic E-state index is 11.5. The third-order valence-corrected chi connectivity index (χ3v) is 2.20. The molecule has 0 atom stereocenters. The van der Waals surface area contributed by atoms with Gasteiger partial charge >= 0.3 is 6.03 Å². The molecule has 0 saturated heterocycles. The van der Waals surface area contributed by atoms with Crippen LogP contribution in [0.4, 0.5) is 4.79 Å². The fourth-order valence-corrected chi connectivity index (χ4v) is 1.43. The summed E-state index contributed by atoms with van der Waals surface area (Å²) in [7, 11) is 0. The molecular weight excluding hydrogens is 248 g/mol. The SMILES string of the molecule is CC(C)NC(=O)NC(=O)Cn1cc(CCCN)nn1. The molecule has 0 aliphatic carbocycles. The average Bonchev–Trinajstić information content (AvgIpc) is 2.72. The number of nitrogens with one attached hydrogen (secondary N) is 2. The number of carbonyl (C=O) groups excluding carboxylic acids is 2. The lowest BCUT2D eigenvalue weighted by Crippen LogP contribution is -2.43. The highest BCUT2D eigenvalue weighted by atomic mass is 16.2. The second-order valence-electron chi connectivity index (χ2n) is 4.48. The fourth-order valence-electron chi connectivity index (χ4n) is 1.43. The number of aromatic nitrogens is 3. The van der Waals surface area contributed by atoms with E-state index >= 15 is 0 Å². The lowest BCUT2D eigenvalue weighted by Gasteiger charge is -2.08. The maximum Gasteiger partial charge on any atom is 0.321 e. The van der Waals surface area contributed by atoms with Crippen LogP contribution in [-0.2, 0) is 17.8 Å². The van der Waals surface area contributed by atoms with E-state index in [0.717, 1.165) is 18.5 Å². The maximum atomic E-state index is 11.5. The van der Waals surface area contributed by atoms with Crippen molar-refractivity contribution in [3.63, 3.8) is 0 Å². The van der Waals surface area contributed by atoms with Gasteiger partial charge in [-0.3, -0.25) is 10.1 Å². The van der Waals surface area contributed by atoms with Gasteiger partial charge < -0.3 is 11.1 Å². The van der Waals surface area contributed by atoms with Crippen molar-refractivity contribution in [2.45, 2.75) is 39.3 Å². The summed E-state index contributed by atoms with van der Waals surface area (Å²) in [6, 6.07) is -0.537. The summed E-state index contributed by atoms with van der Waals surface area (Å²) in [6.07, 6.45) is 3.23. The zero-order valence-electron chi connectivity index (χ0n) is 11.2. The number of carbonyl (C=O) groups is 2. The van der Waals surface area contributed by atoms with Crippen LogP contribution in [0.3, 0.4) is 0 Å². The Morgan fingerprint density at radius 1 is 1.47 bits per heavy atom. The van der Waals surface area contributed by atoms with Gasteiger partial charge in [0, 0.05) is 12.2 Å². The molecule has 0 unspecified atom stereocenters. The van der Waals surface area contributed by atoms with Crippen LogP contribution < -0.4 is 16.4 Å². The third kappa shape index (κ3) is 5.96. The quantitative estimate of drug-likeness (QED) is 0.637. The predicted molar refractivity (Wildman–Crippen MR) is 69.2 cm³/mol. The zero-order chi connectivity index (χ0) is 14.3. The Morgan fingerprint density at radius 3 is 2.84 bits per heavy atom. The largest absolute Gasteiger partial charge is 0.336 e. The molecule has 3 amide bonds. The summed E-state index contributed by atoms with van der Waals surface area (Å²) in [5.41, 5.74) is 6.18. The lowest BCUT2D eigenvalue weighted by molar-refractivity contribution is -0.120. The molecule has 4 N–H and O–H groups in total. The minimum absolute atomic E-state index is 0.0259. The highest BCUT2D eigenvalue weighted by Crippen LogP contribution is 1.96. The van der Waals surface area contributed by atoms with Gasteiger partial charge in [0.25, 0.3) is 0 Å². The Morgan fingerprint density at radius 2 is 2.21 bits per heavy atom. The van der Waals surface area contributed by atoms with Crippen molar-refractivity contribution in [1.82, 2.24) is 25.6 Å². The second-order valence-corrected chi connectivity index (χ2v) is 4.48. The number of hydrogen-bond donors (Lipinski definition) is 3. The Labute approximate surface area is 111 Å². The molecule has 0 aromatic carbocycles. The van der Waals surface area contributed by atoms with Gasteiger partial charge in [0.15, 0.2) is 0 Å². The molecule has 0 spiro atoms. The van der Waals surface area contributed by atoms with E-state index in [4.69, 9.17) is 5.73 Å². The number of nitrogens with zero attached hydrogens (tertiary/aromatic N) is 3. The number of imide groups is 1. The first-order valence-electron chi connectivity index (χ1n) is 6.20. The first-order valence-corrected chi connectivity index (χ1v) is 6.20. The number of amides is 3. The lowest BCUT2D eigenvalue weighted by atomic mass is 10.2. The van der Waals surface area contributed by atoms with Crippen molar-refractivity contribution in [2.75, 3.05) is 6.54 Å². The first-order chi connectivity index (χ1) is 9.01. The first kappa shape index (κ1) is 15.1. The van der Waals surface area contributed by atoms with E-state index in [1.807, 2.05) is 13.8 Å². The summed E-state index contributed by atoms with van der Waals surface area (Å²) in [5, 5.41) is 12.5. The molecule has 8 heteroatoms. The fraction of sp³-hybridized carbons (Fsp3) is 0.636. The van der Waals surface area contributed by atoms with Gasteiger partial charge in [-0.15, -0.1) is 5.10 Å². The van der Waals surface area contributed by atoms with Crippen LogP contribution in [0.25, 0.3) is 0 Å². The van der Waals surface area contributed by atoms with Crippen molar-refractivity contribution in [2.24, 2.45) is 5.73 Å². The van der Waals surface area contributed by atoms with Gasteiger partial charge in [0.1, 0.15) is 6.54 Å². The van der Waals surface area contributed by atoms with Crippen LogP contribution in [-0.4, -0.2) is 39.5 Å². The molecule has 0 radical (unpaired) electrons. The van der Waals surface area contributed by atoms with E-state index < -0.39 is 11.9 Å². The van der Waals surface area contributed by atoms with Gasteiger partial charge in [-0.25, -0.2) is 9.48 Å². The molecule has 1 aromatic rings. The van der Waals surface area contributed by atoms with Crippen LogP contribution in [0.2, 0.25) is 0 Å². The molecule has 19 heavy (non-hydrogen) atoms. The molecule has 0 fully saturated rings. The van der Waals surface area contributed by atoms with Gasteiger partial charge in [0.05, 0.1) is 5.69 Å². The third-order valence-electron chi connectivity index (χ3n) is 2.20.